The number of carbonyl (C=O) groups is 1. The fraction of sp³-hybridized carbons (Fsp3) is 0. The zero-order chi connectivity index (χ0) is 20.2. The molecule has 16 nitrogen and oxygen atoms in total. The van der Waals surface area contributed by atoms with Crippen LogP contribution in [0.3, 0.4) is 0 Å². The summed E-state index contributed by atoms with van der Waals surface area (Å²) in [4.78, 5) is 12.6. The van der Waals surface area contributed by atoms with Crippen LogP contribution >= 0.6 is 0 Å². The van der Waals surface area contributed by atoms with Gasteiger partial charge in [-0.15, -0.1) is 0 Å². The topological polar surface area (TPSA) is 398 Å². The Morgan fingerprint density at radius 3 is 1.17 bits per heavy atom. The van der Waals surface area contributed by atoms with Crippen LogP contribution in [0.1, 0.15) is 10.4 Å². The largest absolute Gasteiger partial charge is 3.00 e. The standard InChI is InChI=1S/C10H8O6S2.C6H5NO2.La.7H2O/c11-17(12,13)9-5-1-3-7-8(9)4-2-6-10(7)18(14,15)16;8-6(9)5-1-3-7-4-2-5;;;;;;;;/h1-6H,(H,11,12,13)(H,14,15,16);1-4H,(H,8,9);;7*1H2/q;;+3;;;;;;;/p+4. The average Bonchev–Trinajstić information content (AvgIpc) is 2.60. The van der Waals surface area contributed by atoms with Gasteiger partial charge < -0.3 is 57.3 Å². The molecule has 0 spiro atoms. The number of carboxylic acids is 1. The normalized spacial score (nSPS) is 8.86. The van der Waals surface area contributed by atoms with Gasteiger partial charge in [-0.05, 0) is 24.3 Å². The van der Waals surface area contributed by atoms with Gasteiger partial charge in [0.1, 0.15) is 20.2 Å². The van der Waals surface area contributed by atoms with Crippen LogP contribution in [0.4, 0.5) is 0 Å². The number of aromatic carboxylic acids is 1. The van der Waals surface area contributed by atoms with Crippen molar-refractivity contribution in [2.45, 2.75) is 9.79 Å². The minimum absolute atomic E-state index is 0. The molecule has 0 aliphatic carbocycles. The monoisotopic (exact) mass is 680 g/mol. The molecule has 0 amide bonds. The molecule has 0 fully saturated rings. The Kier molecular flexibility index (Phi) is 29.0. The maximum absolute atomic E-state index is 11.0. The van der Waals surface area contributed by atoms with Crippen LogP contribution in [-0.2, 0) is 58.6 Å². The number of hydrogen-bond donors (Lipinski definition) is 0. The Balaban J connectivity index is -0.0000000820. The van der Waals surface area contributed by atoms with E-state index in [1.165, 1.54) is 48.8 Å². The Hall–Kier alpha value is -1.95. The van der Waals surface area contributed by atoms with E-state index in [2.05, 4.69) is 4.98 Å². The van der Waals surface area contributed by atoms with Gasteiger partial charge in [0.15, 0.2) is 0 Å². The first-order valence-corrected chi connectivity index (χ1v) is 9.88. The molecule has 0 unspecified atom stereocenters. The molecule has 0 atom stereocenters. The summed E-state index contributed by atoms with van der Waals surface area (Å²) >= 11 is 0. The van der Waals surface area contributed by atoms with Crippen molar-refractivity contribution in [1.29, 1.82) is 0 Å². The molecule has 0 radical (unpaired) electrons. The van der Waals surface area contributed by atoms with E-state index in [-0.39, 0.29) is 90.3 Å². The van der Waals surface area contributed by atoms with Crippen LogP contribution in [0.5, 0.6) is 0 Å². The van der Waals surface area contributed by atoms with E-state index in [1.54, 1.807) is 0 Å². The molecule has 0 bridgehead atoms. The molecule has 35 heavy (non-hydrogen) atoms. The van der Waals surface area contributed by atoms with Gasteiger partial charge in [0.2, 0.25) is 0 Å². The number of hydrogen-bond acceptors (Lipinski definition) is 9. The van der Waals surface area contributed by atoms with Crippen molar-refractivity contribution in [3.63, 3.8) is 0 Å². The fourth-order valence-electron chi connectivity index (χ4n) is 2.18. The van der Waals surface area contributed by atoms with Crippen LogP contribution in [0.2, 0.25) is 0 Å². The van der Waals surface area contributed by atoms with Crippen molar-refractivity contribution < 1.29 is 110 Å². The molecule has 0 saturated carbocycles. The number of benzene rings is 2. The summed E-state index contributed by atoms with van der Waals surface area (Å²) < 4.78 is 66.1. The van der Waals surface area contributed by atoms with E-state index in [4.69, 9.17) is 0 Å². The summed E-state index contributed by atoms with van der Waals surface area (Å²) in [5, 5.41) is 9.90. The van der Waals surface area contributed by atoms with Crippen molar-refractivity contribution in [1.82, 2.24) is 4.98 Å². The molecule has 1 aromatic heterocycles. The van der Waals surface area contributed by atoms with Crippen molar-refractivity contribution in [3.8, 4) is 0 Å². The molecule has 0 saturated heterocycles. The first kappa shape index (κ1) is 50.0. The van der Waals surface area contributed by atoms with Crippen LogP contribution in [0, 0.1) is 35.6 Å². The summed E-state index contributed by atoms with van der Waals surface area (Å²) in [7, 11) is -9.48. The minimum Gasteiger partial charge on any atom is -0.744 e. The third-order valence-electron chi connectivity index (χ3n) is 3.30. The van der Waals surface area contributed by atoms with Crippen molar-refractivity contribution in [2.75, 3.05) is 0 Å². The van der Waals surface area contributed by atoms with E-state index < -0.39 is 36.0 Å². The van der Waals surface area contributed by atoms with Gasteiger partial charge in [-0.1, -0.05) is 24.3 Å². The van der Waals surface area contributed by atoms with Crippen LogP contribution in [0.25, 0.3) is 10.8 Å². The van der Waals surface area contributed by atoms with E-state index in [0.717, 1.165) is 12.1 Å². The van der Waals surface area contributed by atoms with Gasteiger partial charge >= 0.3 is 35.6 Å². The predicted octanol–water partition coefficient (Wildman–Crippen LogP) is -6.36. The van der Waals surface area contributed by atoms with E-state index in [0.29, 0.717) is 0 Å². The summed E-state index contributed by atoms with van der Waals surface area (Å²) in [5.74, 6) is -1.17. The minimum atomic E-state index is -4.74. The smallest absolute Gasteiger partial charge is 0.744 e. The van der Waals surface area contributed by atoms with Gasteiger partial charge in [0, 0.05) is 28.7 Å². The molecule has 19 heteroatoms. The average molecular weight is 680 g/mol. The fourth-order valence-corrected chi connectivity index (χ4v) is 3.56. The van der Waals surface area contributed by atoms with Gasteiger partial charge in [0.25, 0.3) is 0 Å². The van der Waals surface area contributed by atoms with E-state index in [1.807, 2.05) is 0 Å². The molecular weight excluding hydrogens is 649 g/mol. The van der Waals surface area contributed by atoms with Gasteiger partial charge in [-0.3, -0.25) is 4.98 Å². The quantitative estimate of drug-likeness (QED) is 0.187. The second-order valence-corrected chi connectivity index (χ2v) is 7.74. The van der Waals surface area contributed by atoms with E-state index in [9.17, 15) is 35.8 Å². The Labute approximate surface area is 226 Å². The number of pyridine rings is 1. The maximum atomic E-state index is 11.0. The number of aromatic nitrogens is 1. The Bertz CT molecular complexity index is 1130. The number of carboxylic acid groups (broad SMARTS) is 1. The Morgan fingerprint density at radius 1 is 0.629 bits per heavy atom. The molecule has 21 N–H and O–H groups in total. The first-order chi connectivity index (χ1) is 12.5. The van der Waals surface area contributed by atoms with Gasteiger partial charge in [0.05, 0.1) is 15.8 Å². The zero-order valence-electron chi connectivity index (χ0n) is 17.9. The SMILES string of the molecule is O=C([O-])c1ccncc1.O=S(=O)([O-])c1cccc2c(S(=O)(=O)[O-])cccc12.[La+3].[OH3+].[OH3+].[OH3+].[OH3+].[OH3+].[OH3+].[OH3+]. The second-order valence-electron chi connectivity index (χ2n) is 5.04. The Morgan fingerprint density at radius 2 is 0.943 bits per heavy atom. The van der Waals surface area contributed by atoms with Crippen molar-refractivity contribution in [2.24, 2.45) is 0 Å². The van der Waals surface area contributed by atoms with E-state index >= 15 is 0 Å². The number of nitrogens with zero attached hydrogens (tertiary/aromatic N) is 1. The summed E-state index contributed by atoms with van der Waals surface area (Å²) in [5.41, 5.74) is 0.157. The summed E-state index contributed by atoms with van der Waals surface area (Å²) in [6.07, 6.45) is 2.82. The predicted molar refractivity (Wildman–Crippen MR) is 123 cm³/mol. The van der Waals surface area contributed by atoms with Gasteiger partial charge in [-0.25, -0.2) is 16.8 Å². The second kappa shape index (κ2) is 20.3. The third-order valence-corrected chi connectivity index (χ3v) is 5.09. The molecule has 1 heterocycles. The van der Waals surface area contributed by atoms with Crippen LogP contribution < -0.4 is 5.11 Å². The van der Waals surface area contributed by atoms with Crippen LogP contribution in [0.15, 0.2) is 70.7 Å². The number of fused-ring (bicyclic) bond motifs is 1. The van der Waals surface area contributed by atoms with Crippen molar-refractivity contribution >= 4 is 37.0 Å². The molecular formula is C16H31LaNO15S2+7. The molecule has 198 valence electrons. The molecule has 2 aromatic carbocycles. The summed E-state index contributed by atoms with van der Waals surface area (Å²) in [6.45, 7) is 0. The molecule has 0 aliphatic heterocycles. The maximum Gasteiger partial charge on any atom is 3.00 e. The molecule has 3 rings (SSSR count). The number of rotatable bonds is 3. The molecule has 3 aromatic rings. The number of carbonyl (C=O) groups excluding carboxylic acids is 1. The first-order valence-electron chi connectivity index (χ1n) is 7.06. The third kappa shape index (κ3) is 13.7. The van der Waals surface area contributed by atoms with Crippen LogP contribution in [-0.4, -0.2) is 36.9 Å². The summed E-state index contributed by atoms with van der Waals surface area (Å²) in [6, 6.07) is 9.86. The van der Waals surface area contributed by atoms with Crippen molar-refractivity contribution in [3.05, 3.63) is 66.5 Å². The van der Waals surface area contributed by atoms with Gasteiger partial charge in [-0.2, -0.15) is 0 Å². The zero-order valence-corrected chi connectivity index (χ0v) is 23.2. The molecule has 0 aliphatic rings.